The van der Waals surface area contributed by atoms with E-state index in [0.717, 1.165) is 11.1 Å². The average molecular weight is 477 g/mol. The fourth-order valence-corrected chi connectivity index (χ4v) is 3.57. The summed E-state index contributed by atoms with van der Waals surface area (Å²) in [6, 6.07) is 32.6. The van der Waals surface area contributed by atoms with Gasteiger partial charge < -0.3 is 9.68 Å². The van der Waals surface area contributed by atoms with Crippen molar-refractivity contribution in [1.29, 1.82) is 0 Å². The van der Waals surface area contributed by atoms with E-state index >= 15 is 0 Å². The lowest BCUT2D eigenvalue weighted by Crippen LogP contribution is -2.09. The molecule has 0 amide bonds. The topological polar surface area (TPSA) is 77.3 Å². The summed E-state index contributed by atoms with van der Waals surface area (Å²) >= 11 is 0. The Kier molecular flexibility index (Phi) is 7.78. The second-order valence-electron chi connectivity index (χ2n) is 7.93. The zero-order chi connectivity index (χ0) is 25.3. The first kappa shape index (κ1) is 24.3. The van der Waals surface area contributed by atoms with E-state index in [4.69, 9.17) is 9.68 Å². The number of carbonyl (C=O) groups excluding carboxylic acids is 2. The SMILES string of the molecule is C/C(=N/OC(=O)c1ccccc1-c1ccccc1C(=O)O/N=C(/C)c1ccccc1)c1ccccc1. The van der Waals surface area contributed by atoms with Gasteiger partial charge in [0.25, 0.3) is 0 Å². The first-order chi connectivity index (χ1) is 17.5. The zero-order valence-electron chi connectivity index (χ0n) is 19.9. The summed E-state index contributed by atoms with van der Waals surface area (Å²) in [5.74, 6) is -1.27. The van der Waals surface area contributed by atoms with E-state index in [0.29, 0.717) is 22.6 Å². The molecule has 0 saturated heterocycles. The van der Waals surface area contributed by atoms with Crippen molar-refractivity contribution >= 4 is 23.4 Å². The highest BCUT2D eigenvalue weighted by molar-refractivity contribution is 6.04. The molecule has 178 valence electrons. The Balaban J connectivity index is 1.59. The Bertz CT molecular complexity index is 1320. The Hall–Kier alpha value is -4.84. The van der Waals surface area contributed by atoms with Gasteiger partial charge in [0, 0.05) is 0 Å². The summed E-state index contributed by atoms with van der Waals surface area (Å²) in [5, 5.41) is 8.00. The summed E-state index contributed by atoms with van der Waals surface area (Å²) in [4.78, 5) is 36.4. The monoisotopic (exact) mass is 476 g/mol. The predicted molar refractivity (Wildman–Crippen MR) is 140 cm³/mol. The van der Waals surface area contributed by atoms with E-state index in [1.807, 2.05) is 60.7 Å². The van der Waals surface area contributed by atoms with Crippen molar-refractivity contribution in [1.82, 2.24) is 0 Å². The normalized spacial score (nSPS) is 11.6. The van der Waals surface area contributed by atoms with Crippen LogP contribution in [0.5, 0.6) is 0 Å². The molecule has 36 heavy (non-hydrogen) atoms. The fraction of sp³-hybridized carbons (Fsp3) is 0.0667. The van der Waals surface area contributed by atoms with E-state index in [1.165, 1.54) is 0 Å². The van der Waals surface area contributed by atoms with Crippen LogP contribution in [0.3, 0.4) is 0 Å². The third-order valence-corrected chi connectivity index (χ3v) is 5.50. The van der Waals surface area contributed by atoms with Crippen LogP contribution in [0, 0.1) is 0 Å². The van der Waals surface area contributed by atoms with Gasteiger partial charge in [0.05, 0.1) is 22.6 Å². The number of oxime groups is 2. The molecule has 4 rings (SSSR count). The van der Waals surface area contributed by atoms with Crippen LogP contribution >= 0.6 is 0 Å². The minimum Gasteiger partial charge on any atom is -0.313 e. The zero-order valence-corrected chi connectivity index (χ0v) is 19.9. The molecule has 0 N–H and O–H groups in total. The molecule has 6 heteroatoms. The van der Waals surface area contributed by atoms with Crippen molar-refractivity contribution in [3.63, 3.8) is 0 Å². The van der Waals surface area contributed by atoms with Crippen molar-refractivity contribution in [3.8, 4) is 11.1 Å². The molecule has 0 aromatic heterocycles. The molecule has 0 spiro atoms. The number of hydrogen-bond acceptors (Lipinski definition) is 6. The van der Waals surface area contributed by atoms with Crippen LogP contribution in [0.15, 0.2) is 120 Å². The molecule has 6 nitrogen and oxygen atoms in total. The molecule has 0 unspecified atom stereocenters. The van der Waals surface area contributed by atoms with Crippen LogP contribution in [0.4, 0.5) is 0 Å². The van der Waals surface area contributed by atoms with Crippen molar-refractivity contribution in [2.45, 2.75) is 13.8 Å². The molecule has 0 atom stereocenters. The number of hydrogen-bond donors (Lipinski definition) is 0. The predicted octanol–water partition coefficient (Wildman–Crippen LogP) is 6.52. The minimum absolute atomic E-state index is 0.270. The number of carbonyl (C=O) groups is 2. The highest BCUT2D eigenvalue weighted by atomic mass is 16.7. The maximum atomic E-state index is 13.0. The first-order valence-corrected chi connectivity index (χ1v) is 11.4. The van der Waals surface area contributed by atoms with Crippen molar-refractivity contribution in [3.05, 3.63) is 131 Å². The molecule has 0 bridgehead atoms. The van der Waals surface area contributed by atoms with E-state index in [9.17, 15) is 9.59 Å². The van der Waals surface area contributed by atoms with Gasteiger partial charge in [-0.05, 0) is 48.2 Å². The molecule has 0 fully saturated rings. The molecular weight excluding hydrogens is 452 g/mol. The van der Waals surface area contributed by atoms with Crippen LogP contribution < -0.4 is 0 Å². The summed E-state index contributed by atoms with van der Waals surface area (Å²) in [6.45, 7) is 3.52. The van der Waals surface area contributed by atoms with Gasteiger partial charge in [-0.3, -0.25) is 0 Å². The van der Waals surface area contributed by atoms with Gasteiger partial charge in [0.2, 0.25) is 0 Å². The molecule has 0 aliphatic carbocycles. The van der Waals surface area contributed by atoms with Gasteiger partial charge in [-0.1, -0.05) is 107 Å². The molecule has 4 aromatic carbocycles. The van der Waals surface area contributed by atoms with Gasteiger partial charge in [-0.15, -0.1) is 0 Å². The molecule has 4 aromatic rings. The highest BCUT2D eigenvalue weighted by Crippen LogP contribution is 2.28. The summed E-state index contributed by atoms with van der Waals surface area (Å²) in [5.41, 5.74) is 4.40. The van der Waals surface area contributed by atoms with Gasteiger partial charge in [0.1, 0.15) is 0 Å². The lowest BCUT2D eigenvalue weighted by molar-refractivity contribution is 0.0506. The first-order valence-electron chi connectivity index (χ1n) is 11.4. The van der Waals surface area contributed by atoms with Crippen molar-refractivity contribution in [2.75, 3.05) is 0 Å². The molecule has 0 saturated carbocycles. The number of nitrogens with zero attached hydrogens (tertiary/aromatic N) is 2. The summed E-state index contributed by atoms with van der Waals surface area (Å²) in [7, 11) is 0. The van der Waals surface area contributed by atoms with Gasteiger partial charge in [0.15, 0.2) is 0 Å². The number of rotatable bonds is 7. The molecule has 0 radical (unpaired) electrons. The molecule has 0 heterocycles. The Labute approximate surface area is 209 Å². The Morgan fingerprint density at radius 3 is 1.22 bits per heavy atom. The Morgan fingerprint density at radius 2 is 0.833 bits per heavy atom. The highest BCUT2D eigenvalue weighted by Gasteiger charge is 2.20. The molecular formula is C30H24N2O4. The van der Waals surface area contributed by atoms with Crippen LogP contribution in [0.25, 0.3) is 11.1 Å². The average Bonchev–Trinajstić information content (AvgIpc) is 2.95. The van der Waals surface area contributed by atoms with Crippen LogP contribution in [0.2, 0.25) is 0 Å². The van der Waals surface area contributed by atoms with E-state index in [2.05, 4.69) is 10.3 Å². The summed E-state index contributed by atoms with van der Waals surface area (Å²) < 4.78 is 0. The maximum absolute atomic E-state index is 13.0. The van der Waals surface area contributed by atoms with Crippen molar-refractivity contribution < 1.29 is 19.3 Å². The van der Waals surface area contributed by atoms with Crippen LogP contribution in [-0.2, 0) is 9.68 Å². The smallest absolute Gasteiger partial charge is 0.313 e. The second-order valence-corrected chi connectivity index (χ2v) is 7.93. The lowest BCUT2D eigenvalue weighted by atomic mass is 9.95. The van der Waals surface area contributed by atoms with Crippen LogP contribution in [-0.4, -0.2) is 23.4 Å². The molecule has 0 aliphatic heterocycles. The lowest BCUT2D eigenvalue weighted by Gasteiger charge is -2.11. The van der Waals surface area contributed by atoms with Gasteiger partial charge in [-0.2, -0.15) is 0 Å². The largest absolute Gasteiger partial charge is 0.366 e. The van der Waals surface area contributed by atoms with Crippen LogP contribution in [0.1, 0.15) is 45.7 Å². The standard InChI is InChI=1S/C30H24N2O4/c1-21(23-13-5-3-6-14-23)31-35-29(33)27-19-11-9-17-25(27)26-18-10-12-20-28(26)30(34)36-32-22(2)24-15-7-4-8-16-24/h3-20H,1-2H3/b31-21-,32-22-. The van der Waals surface area contributed by atoms with E-state index in [1.54, 1.807) is 62.4 Å². The molecule has 0 aliphatic rings. The van der Waals surface area contributed by atoms with Gasteiger partial charge in [-0.25, -0.2) is 9.59 Å². The third kappa shape index (κ3) is 5.80. The maximum Gasteiger partial charge on any atom is 0.366 e. The third-order valence-electron chi connectivity index (χ3n) is 5.50. The minimum atomic E-state index is -0.637. The Morgan fingerprint density at radius 1 is 0.500 bits per heavy atom. The number of benzene rings is 4. The summed E-state index contributed by atoms with van der Waals surface area (Å²) in [6.07, 6.45) is 0. The van der Waals surface area contributed by atoms with E-state index < -0.39 is 11.9 Å². The second kappa shape index (κ2) is 11.5. The fourth-order valence-electron chi connectivity index (χ4n) is 3.57. The van der Waals surface area contributed by atoms with E-state index in [-0.39, 0.29) is 11.1 Å². The van der Waals surface area contributed by atoms with Gasteiger partial charge >= 0.3 is 11.9 Å². The quantitative estimate of drug-likeness (QED) is 0.173. The van der Waals surface area contributed by atoms with Crippen molar-refractivity contribution in [2.24, 2.45) is 10.3 Å².